The Labute approximate surface area is 344 Å². The van der Waals surface area contributed by atoms with Crippen LogP contribution in [-0.2, 0) is 38.1 Å². The molecular weight excluding hydrogens is 730 g/mol. The topological polar surface area (TPSA) is 43.9 Å². The molecule has 0 saturated carbocycles. The molecule has 4 bridgehead atoms. The van der Waals surface area contributed by atoms with Gasteiger partial charge in [-0.25, -0.2) is 0 Å². The largest absolute Gasteiger partial charge is 0.378 e. The van der Waals surface area contributed by atoms with Crippen LogP contribution in [0.1, 0.15) is 59.1 Å². The van der Waals surface area contributed by atoms with Gasteiger partial charge in [0.25, 0.3) is 0 Å². The second-order valence-electron chi connectivity index (χ2n) is 17.3. The van der Waals surface area contributed by atoms with Gasteiger partial charge in [0.05, 0.1) is 39.6 Å². The zero-order valence-electron chi connectivity index (χ0n) is 33.5. The SMILES string of the molecule is Clc1ccc(C23CCN(CC2)Cc2cc(N4CCOCC4)ccc23)cc1.c1cc(C23CCN(CC2)Cc2cc(N4CCOCC4)ccc23)ccc1N1CCOCC1. The third kappa shape index (κ3) is 7.36. The monoisotopic (exact) mass is 787 g/mol. The Hall–Kier alpha value is -3.63. The molecule has 0 amide bonds. The number of piperidine rings is 2. The Morgan fingerprint density at radius 3 is 1.16 bits per heavy atom. The van der Waals surface area contributed by atoms with E-state index in [0.717, 1.165) is 97.0 Å². The van der Waals surface area contributed by atoms with Gasteiger partial charge < -0.3 is 28.9 Å². The molecule has 5 fully saturated rings. The molecule has 0 radical (unpaired) electrons. The molecule has 57 heavy (non-hydrogen) atoms. The number of morpholine rings is 3. The molecule has 9 heterocycles. The number of fused-ring (bicyclic) bond motifs is 4. The zero-order chi connectivity index (χ0) is 38.2. The fourth-order valence-corrected chi connectivity index (χ4v) is 11.2. The van der Waals surface area contributed by atoms with Crippen LogP contribution in [-0.4, -0.2) is 115 Å². The van der Waals surface area contributed by atoms with Crippen molar-refractivity contribution in [1.29, 1.82) is 0 Å². The first-order valence-corrected chi connectivity index (χ1v) is 22.0. The van der Waals surface area contributed by atoms with E-state index in [9.17, 15) is 0 Å². The summed E-state index contributed by atoms with van der Waals surface area (Å²) in [6.45, 7) is 17.8. The minimum absolute atomic E-state index is 0.135. The van der Waals surface area contributed by atoms with Crippen LogP contribution >= 0.6 is 11.6 Å². The highest BCUT2D eigenvalue weighted by Gasteiger charge is 2.43. The molecule has 5 saturated heterocycles. The fourth-order valence-electron chi connectivity index (χ4n) is 11.1. The minimum Gasteiger partial charge on any atom is -0.378 e. The molecular formula is C48H58ClN5O3. The van der Waals surface area contributed by atoms with Crippen molar-refractivity contribution in [3.05, 3.63) is 123 Å². The summed E-state index contributed by atoms with van der Waals surface area (Å²) in [6.07, 6.45) is 4.82. The Bertz CT molecular complexity index is 1990. The van der Waals surface area contributed by atoms with Gasteiger partial charge in [0.15, 0.2) is 0 Å². The Morgan fingerprint density at radius 2 is 0.754 bits per heavy atom. The van der Waals surface area contributed by atoms with Crippen molar-refractivity contribution in [2.24, 2.45) is 0 Å². The molecule has 0 aromatic heterocycles. The highest BCUT2D eigenvalue weighted by molar-refractivity contribution is 6.30. The van der Waals surface area contributed by atoms with E-state index in [1.165, 1.54) is 96.7 Å². The zero-order valence-corrected chi connectivity index (χ0v) is 34.2. The second-order valence-corrected chi connectivity index (χ2v) is 17.7. The summed E-state index contributed by atoms with van der Waals surface area (Å²) in [5, 5.41) is 0.819. The summed E-state index contributed by atoms with van der Waals surface area (Å²) in [6, 6.07) is 32.5. The van der Waals surface area contributed by atoms with E-state index in [0.29, 0.717) is 0 Å². The number of hydrogen-bond acceptors (Lipinski definition) is 8. The van der Waals surface area contributed by atoms with Crippen molar-refractivity contribution in [3.8, 4) is 0 Å². The standard InChI is InChI=1S/C26H33N3O2.C22H25ClN2O/c1-3-23(28-11-15-30-16-12-28)4-2-22(1)26-7-9-27(10-8-26)20-21-19-24(5-6-25(21)26)29-13-17-31-18-14-29;23-19-3-1-18(2-4-19)22-7-9-24(10-8-22)16-17-15-20(5-6-21(17)22)25-11-13-26-14-12-25/h1-6,19H,7-18,20H2;1-6,15H,7-14,16H2. The van der Waals surface area contributed by atoms with Crippen molar-refractivity contribution < 1.29 is 14.2 Å². The van der Waals surface area contributed by atoms with Crippen LogP contribution in [0.3, 0.4) is 0 Å². The summed E-state index contributed by atoms with van der Waals surface area (Å²) in [5.41, 5.74) is 13.3. The molecule has 0 spiro atoms. The van der Waals surface area contributed by atoms with Crippen LogP contribution in [0.2, 0.25) is 5.02 Å². The van der Waals surface area contributed by atoms with Crippen molar-refractivity contribution in [3.63, 3.8) is 0 Å². The molecule has 9 aliphatic rings. The van der Waals surface area contributed by atoms with Gasteiger partial charge in [0.2, 0.25) is 0 Å². The first kappa shape index (κ1) is 37.6. The molecule has 9 heteroatoms. The van der Waals surface area contributed by atoms with E-state index in [4.69, 9.17) is 25.8 Å². The number of rotatable bonds is 5. The highest BCUT2D eigenvalue weighted by Crippen LogP contribution is 2.49. The van der Waals surface area contributed by atoms with Gasteiger partial charge in [-0.2, -0.15) is 0 Å². The van der Waals surface area contributed by atoms with Crippen LogP contribution in [0.4, 0.5) is 17.1 Å². The number of hydrogen-bond donors (Lipinski definition) is 0. The quantitative estimate of drug-likeness (QED) is 0.209. The van der Waals surface area contributed by atoms with Gasteiger partial charge in [-0.05, 0) is 134 Å². The van der Waals surface area contributed by atoms with Crippen LogP contribution in [0, 0.1) is 0 Å². The van der Waals surface area contributed by atoms with Gasteiger partial charge >= 0.3 is 0 Å². The smallest absolute Gasteiger partial charge is 0.0642 e. The van der Waals surface area contributed by atoms with Crippen molar-refractivity contribution in [2.45, 2.75) is 49.6 Å². The van der Waals surface area contributed by atoms with E-state index < -0.39 is 0 Å². The van der Waals surface area contributed by atoms with E-state index >= 15 is 0 Å². The molecule has 300 valence electrons. The lowest BCUT2D eigenvalue weighted by Gasteiger charge is -2.40. The molecule has 0 N–H and O–H groups in total. The lowest BCUT2D eigenvalue weighted by molar-refractivity contribution is 0.122. The molecule has 4 aromatic carbocycles. The molecule has 0 aliphatic carbocycles. The first-order chi connectivity index (χ1) is 28.1. The predicted molar refractivity (Wildman–Crippen MR) is 230 cm³/mol. The summed E-state index contributed by atoms with van der Waals surface area (Å²) < 4.78 is 16.6. The number of anilines is 3. The number of nitrogens with zero attached hydrogens (tertiary/aromatic N) is 5. The lowest BCUT2D eigenvalue weighted by atomic mass is 9.68. The highest BCUT2D eigenvalue weighted by atomic mass is 35.5. The van der Waals surface area contributed by atoms with Gasteiger partial charge in [0.1, 0.15) is 0 Å². The molecule has 9 aliphatic heterocycles. The summed E-state index contributed by atoms with van der Waals surface area (Å²) in [4.78, 5) is 12.7. The van der Waals surface area contributed by atoms with Gasteiger partial charge in [0, 0.05) is 85.3 Å². The van der Waals surface area contributed by atoms with Crippen LogP contribution in [0.15, 0.2) is 84.9 Å². The minimum atomic E-state index is 0.135. The van der Waals surface area contributed by atoms with E-state index in [1.807, 2.05) is 12.1 Å². The Balaban J connectivity index is 0.000000141. The third-order valence-electron chi connectivity index (χ3n) is 14.4. The Kier molecular flexibility index (Phi) is 10.7. The summed E-state index contributed by atoms with van der Waals surface area (Å²) >= 11 is 6.16. The van der Waals surface area contributed by atoms with Crippen molar-refractivity contribution in [1.82, 2.24) is 9.80 Å². The van der Waals surface area contributed by atoms with Gasteiger partial charge in [-0.1, -0.05) is 48.0 Å². The van der Waals surface area contributed by atoms with Gasteiger partial charge in [-0.15, -0.1) is 0 Å². The maximum atomic E-state index is 6.16. The van der Waals surface area contributed by atoms with Crippen LogP contribution < -0.4 is 14.7 Å². The first-order valence-electron chi connectivity index (χ1n) is 21.6. The normalized spacial score (nSPS) is 28.1. The maximum absolute atomic E-state index is 6.16. The van der Waals surface area contributed by atoms with Crippen LogP contribution in [0.5, 0.6) is 0 Å². The molecule has 4 aromatic rings. The molecule has 13 rings (SSSR count). The summed E-state index contributed by atoms with van der Waals surface area (Å²) in [7, 11) is 0. The molecule has 0 atom stereocenters. The van der Waals surface area contributed by atoms with E-state index in [2.05, 4.69) is 97.3 Å². The van der Waals surface area contributed by atoms with Crippen molar-refractivity contribution in [2.75, 3.05) is 120 Å². The lowest BCUT2D eigenvalue weighted by Crippen LogP contribution is -2.39. The second kappa shape index (κ2) is 16.2. The fraction of sp³-hybridized carbons (Fsp3) is 0.500. The van der Waals surface area contributed by atoms with Crippen LogP contribution in [0.25, 0.3) is 0 Å². The van der Waals surface area contributed by atoms with Crippen molar-refractivity contribution >= 4 is 28.7 Å². The molecule has 0 unspecified atom stereocenters. The average Bonchev–Trinajstić information content (AvgIpc) is 3.70. The number of halogens is 1. The average molecular weight is 788 g/mol. The van der Waals surface area contributed by atoms with E-state index in [-0.39, 0.29) is 10.8 Å². The maximum Gasteiger partial charge on any atom is 0.0642 e. The molecule has 8 nitrogen and oxygen atoms in total. The predicted octanol–water partition coefficient (Wildman–Crippen LogP) is 7.33. The number of ether oxygens (including phenoxy) is 3. The van der Waals surface area contributed by atoms with E-state index in [1.54, 1.807) is 5.56 Å². The summed E-state index contributed by atoms with van der Waals surface area (Å²) in [5.74, 6) is 0. The third-order valence-corrected chi connectivity index (χ3v) is 14.6. The number of benzene rings is 4. The Morgan fingerprint density at radius 1 is 0.404 bits per heavy atom. The van der Waals surface area contributed by atoms with Gasteiger partial charge in [-0.3, -0.25) is 9.80 Å².